The number of carbonyl (C=O) groups excluding carboxylic acids is 1. The summed E-state index contributed by atoms with van der Waals surface area (Å²) in [5.74, 6) is 0. The average Bonchev–Trinajstić information content (AvgIpc) is 3.38. The van der Waals surface area contributed by atoms with Gasteiger partial charge in [-0.05, 0) is 60.8 Å². The van der Waals surface area contributed by atoms with E-state index in [-0.39, 0.29) is 18.2 Å². The number of nitrogens with one attached hydrogen (secondary N) is 2. The molecule has 1 unspecified atom stereocenters. The molecule has 3 N–H and O–H groups in total. The van der Waals surface area contributed by atoms with E-state index in [2.05, 4.69) is 21.2 Å². The molecule has 8 nitrogen and oxygen atoms in total. The van der Waals surface area contributed by atoms with E-state index in [0.29, 0.717) is 5.69 Å². The maximum atomic E-state index is 12.7. The third kappa shape index (κ3) is 3.17. The first-order valence-corrected chi connectivity index (χ1v) is 11.1. The van der Waals surface area contributed by atoms with Gasteiger partial charge in [-0.3, -0.25) is 9.40 Å². The van der Waals surface area contributed by atoms with Gasteiger partial charge >= 0.3 is 6.03 Å². The molecule has 29 heavy (non-hydrogen) atoms. The van der Waals surface area contributed by atoms with Crippen molar-refractivity contribution in [1.82, 2.24) is 14.5 Å². The summed E-state index contributed by atoms with van der Waals surface area (Å²) in [7, 11) is -0.162. The Morgan fingerprint density at radius 3 is 2.41 bits per heavy atom. The van der Waals surface area contributed by atoms with Gasteiger partial charge in [-0.15, -0.1) is 0 Å². The van der Waals surface area contributed by atoms with Gasteiger partial charge in [0.1, 0.15) is 0 Å². The molecule has 1 fully saturated rings. The van der Waals surface area contributed by atoms with Crippen LogP contribution in [0.2, 0.25) is 0 Å². The molecule has 1 saturated heterocycles. The van der Waals surface area contributed by atoms with Crippen molar-refractivity contribution >= 4 is 22.7 Å². The molecule has 0 saturated carbocycles. The van der Waals surface area contributed by atoms with Gasteiger partial charge in [-0.25, -0.2) is 9.00 Å². The summed E-state index contributed by atoms with van der Waals surface area (Å²) in [6.07, 6.45) is 6.23. The first-order valence-electron chi connectivity index (χ1n) is 9.95. The number of hydrogen-bond acceptors (Lipinski definition) is 5. The molecule has 1 aromatic heterocycles. The number of aryl methyl sites for hydroxylation is 3. The van der Waals surface area contributed by atoms with Crippen molar-refractivity contribution in [1.29, 1.82) is 0 Å². The molecule has 2 aliphatic carbocycles. The average molecular weight is 417 g/mol. The van der Waals surface area contributed by atoms with Crippen molar-refractivity contribution in [3.05, 3.63) is 40.1 Å². The molecule has 1 aliphatic heterocycles. The number of ether oxygens (including phenoxy) is 1. The standard InChI is InChI=1S/C20H24N4O4S/c1-24-16(20(26)10-28-11-20)9-17(22-24)29(27)23-19(25)21-18-14-6-2-4-12(14)8-13-5-3-7-15(13)18/h8-9,26H,2-7,10-11H2,1H3,(H2,21,23,25). The SMILES string of the molecule is Cn1nc(S(=O)NC(=O)Nc2c3c(cc4c2CCC4)CCC3)cc1C1(O)COC1. The number of rotatable bonds is 4. The summed E-state index contributed by atoms with van der Waals surface area (Å²) in [4.78, 5) is 12.6. The molecule has 1 aromatic carbocycles. The lowest BCUT2D eigenvalue weighted by Gasteiger charge is -2.35. The highest BCUT2D eigenvalue weighted by atomic mass is 32.2. The molecule has 0 radical (unpaired) electrons. The summed E-state index contributed by atoms with van der Waals surface area (Å²) in [5.41, 5.74) is 5.41. The maximum Gasteiger partial charge on any atom is 0.331 e. The predicted molar refractivity (Wildman–Crippen MR) is 107 cm³/mol. The van der Waals surface area contributed by atoms with Crippen molar-refractivity contribution in [3.63, 3.8) is 0 Å². The normalized spacial score (nSPS) is 19.9. The largest absolute Gasteiger partial charge is 0.379 e. The lowest BCUT2D eigenvalue weighted by molar-refractivity contribution is -0.188. The van der Waals surface area contributed by atoms with E-state index in [1.807, 2.05) is 0 Å². The van der Waals surface area contributed by atoms with Gasteiger partial charge in [0.05, 0.1) is 18.9 Å². The van der Waals surface area contributed by atoms with Crippen LogP contribution < -0.4 is 10.0 Å². The van der Waals surface area contributed by atoms with Crippen molar-refractivity contribution in [2.45, 2.75) is 49.2 Å². The molecule has 154 valence electrons. The fourth-order valence-electron chi connectivity index (χ4n) is 4.65. The minimum absolute atomic E-state index is 0.177. The van der Waals surface area contributed by atoms with Crippen LogP contribution in [0.5, 0.6) is 0 Å². The Kier molecular flexibility index (Phi) is 4.49. The van der Waals surface area contributed by atoms with E-state index >= 15 is 0 Å². The molecule has 2 aromatic rings. The second kappa shape index (κ2) is 6.93. The number of benzene rings is 1. The zero-order chi connectivity index (χ0) is 20.2. The first-order chi connectivity index (χ1) is 13.9. The Morgan fingerprint density at radius 1 is 1.17 bits per heavy atom. The fraction of sp³-hybridized carbons (Fsp3) is 0.500. The van der Waals surface area contributed by atoms with Crippen molar-refractivity contribution in [2.75, 3.05) is 18.5 Å². The zero-order valence-corrected chi connectivity index (χ0v) is 17.1. The third-order valence-corrected chi connectivity index (χ3v) is 7.05. The highest BCUT2D eigenvalue weighted by Crippen LogP contribution is 2.38. The van der Waals surface area contributed by atoms with E-state index in [4.69, 9.17) is 4.74 Å². The number of urea groups is 1. The van der Waals surface area contributed by atoms with Crippen LogP contribution in [-0.4, -0.2) is 38.3 Å². The molecule has 0 spiro atoms. The van der Waals surface area contributed by atoms with Crippen LogP contribution in [0.1, 0.15) is 40.8 Å². The summed E-state index contributed by atoms with van der Waals surface area (Å²) in [5, 5.41) is 17.8. The molecule has 3 aliphatic rings. The van der Waals surface area contributed by atoms with Gasteiger partial charge in [0.2, 0.25) is 0 Å². The van der Waals surface area contributed by atoms with Crippen LogP contribution in [-0.2, 0) is 54.1 Å². The highest BCUT2D eigenvalue weighted by Gasteiger charge is 2.41. The number of hydrogen-bond donors (Lipinski definition) is 3. The van der Waals surface area contributed by atoms with Gasteiger partial charge in [0, 0.05) is 18.8 Å². The second-order valence-electron chi connectivity index (χ2n) is 8.07. The van der Waals surface area contributed by atoms with Crippen LogP contribution >= 0.6 is 0 Å². The Bertz CT molecular complexity index is 996. The van der Waals surface area contributed by atoms with Crippen molar-refractivity contribution in [3.8, 4) is 0 Å². The number of aromatic nitrogens is 2. The first kappa shape index (κ1) is 18.8. The number of carbonyl (C=O) groups is 1. The van der Waals surface area contributed by atoms with Crippen LogP contribution in [0.4, 0.5) is 10.5 Å². The Balaban J connectivity index is 1.33. The molecule has 9 heteroatoms. The van der Waals surface area contributed by atoms with Crippen LogP contribution in [0.25, 0.3) is 0 Å². The van der Waals surface area contributed by atoms with Crippen LogP contribution in [0, 0.1) is 0 Å². The number of amides is 2. The molecular weight excluding hydrogens is 392 g/mol. The predicted octanol–water partition coefficient (Wildman–Crippen LogP) is 1.46. The highest BCUT2D eigenvalue weighted by molar-refractivity contribution is 7.83. The molecular formula is C20H24N4O4S. The maximum absolute atomic E-state index is 12.7. The Morgan fingerprint density at radius 2 is 1.83 bits per heavy atom. The lowest BCUT2D eigenvalue weighted by Crippen LogP contribution is -2.47. The van der Waals surface area contributed by atoms with E-state index in [0.717, 1.165) is 44.2 Å². The number of nitrogens with zero attached hydrogens (tertiary/aromatic N) is 2. The van der Waals surface area contributed by atoms with Crippen molar-refractivity contribution < 1.29 is 18.8 Å². The summed E-state index contributed by atoms with van der Waals surface area (Å²) >= 11 is 0. The van der Waals surface area contributed by atoms with Gasteiger partial charge in [0.25, 0.3) is 0 Å². The number of anilines is 1. The smallest absolute Gasteiger partial charge is 0.331 e. The van der Waals surface area contributed by atoms with Gasteiger partial charge in [-0.2, -0.15) is 5.10 Å². The zero-order valence-electron chi connectivity index (χ0n) is 16.3. The van der Waals surface area contributed by atoms with Crippen LogP contribution in [0.15, 0.2) is 17.2 Å². The molecule has 0 bridgehead atoms. The van der Waals surface area contributed by atoms with Gasteiger partial charge < -0.3 is 15.2 Å². The Hall–Kier alpha value is -2.23. The second-order valence-corrected chi connectivity index (χ2v) is 9.23. The van der Waals surface area contributed by atoms with Crippen molar-refractivity contribution in [2.24, 2.45) is 7.05 Å². The monoisotopic (exact) mass is 416 g/mol. The summed E-state index contributed by atoms with van der Waals surface area (Å²) in [6, 6.07) is 3.35. The topological polar surface area (TPSA) is 105 Å². The van der Waals surface area contributed by atoms with E-state index in [1.54, 1.807) is 13.1 Å². The Labute approximate surface area is 171 Å². The lowest BCUT2D eigenvalue weighted by atomic mass is 9.98. The third-order valence-electron chi connectivity index (χ3n) is 6.10. The molecule has 2 heterocycles. The number of aliphatic hydroxyl groups is 1. The molecule has 5 rings (SSSR count). The summed E-state index contributed by atoms with van der Waals surface area (Å²) < 4.78 is 21.7. The minimum atomic E-state index is -1.83. The molecule has 2 amide bonds. The van der Waals surface area contributed by atoms with E-state index in [9.17, 15) is 14.1 Å². The quantitative estimate of drug-likeness (QED) is 0.700. The minimum Gasteiger partial charge on any atom is -0.379 e. The number of fused-ring (bicyclic) bond motifs is 2. The van der Waals surface area contributed by atoms with Gasteiger partial charge in [-0.1, -0.05) is 6.07 Å². The summed E-state index contributed by atoms with van der Waals surface area (Å²) in [6.45, 7) is 0.355. The molecule has 1 atom stereocenters. The van der Waals surface area contributed by atoms with Gasteiger partial charge in [0.15, 0.2) is 21.6 Å². The fourth-order valence-corrected chi connectivity index (χ4v) is 5.39. The van der Waals surface area contributed by atoms with E-state index < -0.39 is 22.6 Å². The van der Waals surface area contributed by atoms with Crippen LogP contribution in [0.3, 0.4) is 0 Å². The van der Waals surface area contributed by atoms with E-state index in [1.165, 1.54) is 26.9 Å².